The van der Waals surface area contributed by atoms with E-state index in [2.05, 4.69) is 15.5 Å². The number of ether oxygens (including phenoxy) is 1. The van der Waals surface area contributed by atoms with E-state index in [0.29, 0.717) is 11.1 Å². The average molecular weight is 269 g/mol. The number of epoxide rings is 1. The molecule has 1 aromatic carbocycles. The van der Waals surface area contributed by atoms with Crippen LogP contribution in [0.15, 0.2) is 29.4 Å². The molecule has 0 aliphatic carbocycles. The van der Waals surface area contributed by atoms with Gasteiger partial charge in [-0.15, -0.1) is 5.10 Å². The standard InChI is InChI=1S/C10H9ClN4OS/c11-7-1-3-8(4-2-7)15-10(12-13-14-15)17-6-9-5-16-9/h1-4,9H,5-6H2. The van der Waals surface area contributed by atoms with Crippen LogP contribution in [0.25, 0.3) is 5.69 Å². The summed E-state index contributed by atoms with van der Waals surface area (Å²) in [7, 11) is 0. The number of hydrogen-bond acceptors (Lipinski definition) is 5. The van der Waals surface area contributed by atoms with Gasteiger partial charge in [0.2, 0.25) is 5.16 Å². The van der Waals surface area contributed by atoms with E-state index >= 15 is 0 Å². The van der Waals surface area contributed by atoms with Crippen molar-refractivity contribution in [2.45, 2.75) is 11.3 Å². The van der Waals surface area contributed by atoms with Crippen LogP contribution in [0.3, 0.4) is 0 Å². The van der Waals surface area contributed by atoms with Crippen LogP contribution in [0, 0.1) is 0 Å². The van der Waals surface area contributed by atoms with Gasteiger partial charge in [-0.05, 0) is 34.7 Å². The third kappa shape index (κ3) is 2.59. The second-order valence-electron chi connectivity index (χ2n) is 3.62. The first-order valence-corrected chi connectivity index (χ1v) is 6.48. The monoisotopic (exact) mass is 268 g/mol. The summed E-state index contributed by atoms with van der Waals surface area (Å²) in [4.78, 5) is 0. The van der Waals surface area contributed by atoms with Gasteiger partial charge in [-0.2, -0.15) is 4.68 Å². The molecule has 0 bridgehead atoms. The fraction of sp³-hybridized carbons (Fsp3) is 0.300. The Morgan fingerprint density at radius 1 is 1.41 bits per heavy atom. The second-order valence-corrected chi connectivity index (χ2v) is 5.04. The Kier molecular flexibility index (Phi) is 3.00. The first kappa shape index (κ1) is 11.0. The van der Waals surface area contributed by atoms with Crippen molar-refractivity contribution in [3.05, 3.63) is 29.3 Å². The third-order valence-corrected chi connectivity index (χ3v) is 3.62. The Bertz CT molecular complexity index is 511. The van der Waals surface area contributed by atoms with Gasteiger partial charge in [-0.1, -0.05) is 23.4 Å². The molecule has 2 heterocycles. The summed E-state index contributed by atoms with van der Waals surface area (Å²) in [5, 5.41) is 13.1. The van der Waals surface area contributed by atoms with E-state index in [4.69, 9.17) is 16.3 Å². The quantitative estimate of drug-likeness (QED) is 0.625. The normalized spacial score (nSPS) is 18.3. The maximum Gasteiger partial charge on any atom is 0.214 e. The Labute approximate surface area is 107 Å². The van der Waals surface area contributed by atoms with Crippen molar-refractivity contribution in [3.8, 4) is 5.69 Å². The van der Waals surface area contributed by atoms with E-state index < -0.39 is 0 Å². The molecule has 0 spiro atoms. The fourth-order valence-electron chi connectivity index (χ4n) is 1.35. The maximum atomic E-state index is 5.84. The molecule has 1 saturated heterocycles. The van der Waals surface area contributed by atoms with Gasteiger partial charge in [0.05, 0.1) is 18.4 Å². The minimum atomic E-state index is 0.357. The van der Waals surface area contributed by atoms with Crippen molar-refractivity contribution in [2.24, 2.45) is 0 Å². The average Bonchev–Trinajstić information content (AvgIpc) is 3.06. The lowest BCUT2D eigenvalue weighted by molar-refractivity contribution is 0.426. The number of tetrazole rings is 1. The summed E-state index contributed by atoms with van der Waals surface area (Å²) in [6, 6.07) is 7.40. The van der Waals surface area contributed by atoms with Crippen LogP contribution in [0.4, 0.5) is 0 Å². The van der Waals surface area contributed by atoms with Gasteiger partial charge in [-0.3, -0.25) is 0 Å². The molecular weight excluding hydrogens is 260 g/mol. The zero-order valence-electron chi connectivity index (χ0n) is 8.78. The van der Waals surface area contributed by atoms with Crippen LogP contribution >= 0.6 is 23.4 Å². The van der Waals surface area contributed by atoms with E-state index in [0.717, 1.165) is 23.2 Å². The highest BCUT2D eigenvalue weighted by Crippen LogP contribution is 2.23. The summed E-state index contributed by atoms with van der Waals surface area (Å²) in [5.74, 6) is 0.883. The van der Waals surface area contributed by atoms with Crippen LogP contribution in [-0.2, 0) is 4.74 Å². The molecule has 1 aliphatic rings. The Morgan fingerprint density at radius 2 is 2.18 bits per heavy atom. The van der Waals surface area contributed by atoms with Gasteiger partial charge in [0.25, 0.3) is 0 Å². The molecule has 2 aromatic rings. The van der Waals surface area contributed by atoms with Gasteiger partial charge in [0, 0.05) is 10.8 Å². The molecule has 0 saturated carbocycles. The molecule has 1 aliphatic heterocycles. The zero-order chi connectivity index (χ0) is 11.7. The SMILES string of the molecule is Clc1ccc(-n2nnnc2SCC2CO2)cc1. The van der Waals surface area contributed by atoms with Crippen LogP contribution in [-0.4, -0.2) is 38.7 Å². The van der Waals surface area contributed by atoms with E-state index in [1.165, 1.54) is 0 Å². The van der Waals surface area contributed by atoms with Crippen molar-refractivity contribution < 1.29 is 4.74 Å². The van der Waals surface area contributed by atoms with Crippen LogP contribution in [0.2, 0.25) is 5.02 Å². The highest BCUT2D eigenvalue weighted by Gasteiger charge is 2.23. The lowest BCUT2D eigenvalue weighted by Crippen LogP contribution is -2.00. The lowest BCUT2D eigenvalue weighted by atomic mass is 10.3. The van der Waals surface area contributed by atoms with Crippen LogP contribution < -0.4 is 0 Å². The number of halogens is 1. The predicted octanol–water partition coefficient (Wildman–Crippen LogP) is 1.81. The van der Waals surface area contributed by atoms with Gasteiger partial charge >= 0.3 is 0 Å². The van der Waals surface area contributed by atoms with Gasteiger partial charge in [0.1, 0.15) is 0 Å². The largest absolute Gasteiger partial charge is 0.372 e. The molecule has 7 heteroatoms. The number of rotatable bonds is 4. The molecule has 1 atom stereocenters. The topological polar surface area (TPSA) is 56.1 Å². The smallest absolute Gasteiger partial charge is 0.214 e. The summed E-state index contributed by atoms with van der Waals surface area (Å²) in [6.07, 6.45) is 0.357. The van der Waals surface area contributed by atoms with Crippen molar-refractivity contribution in [1.82, 2.24) is 20.2 Å². The van der Waals surface area contributed by atoms with Gasteiger partial charge < -0.3 is 4.74 Å². The minimum Gasteiger partial charge on any atom is -0.372 e. The predicted molar refractivity (Wildman–Crippen MR) is 64.6 cm³/mol. The molecular formula is C10H9ClN4OS. The van der Waals surface area contributed by atoms with E-state index in [1.54, 1.807) is 16.4 Å². The van der Waals surface area contributed by atoms with Crippen LogP contribution in [0.1, 0.15) is 0 Å². The van der Waals surface area contributed by atoms with Crippen molar-refractivity contribution >= 4 is 23.4 Å². The molecule has 0 N–H and O–H groups in total. The molecule has 0 amide bonds. The Balaban J connectivity index is 1.81. The molecule has 1 unspecified atom stereocenters. The summed E-state index contributed by atoms with van der Waals surface area (Å²) in [6.45, 7) is 0.843. The maximum absolute atomic E-state index is 5.84. The zero-order valence-corrected chi connectivity index (χ0v) is 10.4. The molecule has 17 heavy (non-hydrogen) atoms. The number of nitrogens with zero attached hydrogens (tertiary/aromatic N) is 4. The molecule has 1 fully saturated rings. The highest BCUT2D eigenvalue weighted by molar-refractivity contribution is 7.99. The lowest BCUT2D eigenvalue weighted by Gasteiger charge is -2.03. The minimum absolute atomic E-state index is 0.357. The van der Waals surface area contributed by atoms with Gasteiger partial charge in [-0.25, -0.2) is 0 Å². The number of benzene rings is 1. The van der Waals surface area contributed by atoms with Gasteiger partial charge in [0.15, 0.2) is 0 Å². The molecule has 0 radical (unpaired) electrons. The molecule has 5 nitrogen and oxygen atoms in total. The number of thioether (sulfide) groups is 1. The van der Waals surface area contributed by atoms with Crippen molar-refractivity contribution in [2.75, 3.05) is 12.4 Å². The third-order valence-electron chi connectivity index (χ3n) is 2.31. The number of aromatic nitrogens is 4. The van der Waals surface area contributed by atoms with Crippen LogP contribution in [0.5, 0.6) is 0 Å². The Morgan fingerprint density at radius 3 is 2.88 bits per heavy atom. The van der Waals surface area contributed by atoms with E-state index in [1.807, 2.05) is 24.3 Å². The summed E-state index contributed by atoms with van der Waals surface area (Å²) in [5.41, 5.74) is 0.901. The molecule has 88 valence electrons. The number of hydrogen-bond donors (Lipinski definition) is 0. The molecule has 1 aromatic heterocycles. The fourth-order valence-corrected chi connectivity index (χ4v) is 2.36. The highest BCUT2D eigenvalue weighted by atomic mass is 35.5. The second kappa shape index (κ2) is 4.64. The first-order chi connectivity index (χ1) is 8.33. The Hall–Kier alpha value is -1.11. The van der Waals surface area contributed by atoms with Crippen molar-refractivity contribution in [3.63, 3.8) is 0 Å². The summed E-state index contributed by atoms with van der Waals surface area (Å²) < 4.78 is 6.85. The van der Waals surface area contributed by atoms with E-state index in [-0.39, 0.29) is 0 Å². The summed E-state index contributed by atoms with van der Waals surface area (Å²) >= 11 is 7.43. The first-order valence-electron chi connectivity index (χ1n) is 5.11. The van der Waals surface area contributed by atoms with Crippen molar-refractivity contribution in [1.29, 1.82) is 0 Å². The van der Waals surface area contributed by atoms with E-state index in [9.17, 15) is 0 Å². The molecule has 3 rings (SSSR count).